The van der Waals surface area contributed by atoms with Crippen molar-refractivity contribution in [3.05, 3.63) is 83.9 Å². The van der Waals surface area contributed by atoms with Crippen LogP contribution < -0.4 is 10.2 Å². The Balaban J connectivity index is 0.000000616. The molecule has 1 aromatic heterocycles. The molecule has 1 aliphatic heterocycles. The molecule has 0 radical (unpaired) electrons. The first-order chi connectivity index (χ1) is 19.8. The summed E-state index contributed by atoms with van der Waals surface area (Å²) in [6, 6.07) is 12.5. The molecule has 0 unspecified atom stereocenters. The van der Waals surface area contributed by atoms with Crippen molar-refractivity contribution in [3.8, 4) is 11.1 Å². The molecule has 0 aliphatic carbocycles. The number of carbonyl (C=O) groups is 2. The molecule has 2 heterocycles. The number of nitrogens with one attached hydrogen (secondary N) is 1. The highest BCUT2D eigenvalue weighted by atomic mass is 19.4. The standard InChI is InChI=1S/C26H26F4N4O.C2HF3O2/c27-24-18-20(19-3-1-4-21(17-19)26(28,29)30)5-6-23(24)25(35)32-9-2-12-33-13-15-34(16-14-33)22-7-10-31-11-8-22;3-2(4,5)1(6)7/h1,3-8,10-11,17-18H,2,9,12-16H2,(H,32,35);(H,6,7). The summed E-state index contributed by atoms with van der Waals surface area (Å²) < 4.78 is 85.2. The molecule has 7 nitrogen and oxygen atoms in total. The molecule has 0 atom stereocenters. The number of nitrogens with zero attached hydrogens (tertiary/aromatic N) is 3. The molecular formula is C28H27F7N4O3. The SMILES string of the molecule is O=C(NCCCN1CCN(c2ccncc2)CC1)c1ccc(-c2cccc(C(F)(F)F)c2)cc1F.O=C(O)C(F)(F)F. The van der Waals surface area contributed by atoms with Gasteiger partial charge in [0.05, 0.1) is 11.1 Å². The highest BCUT2D eigenvalue weighted by molar-refractivity contribution is 5.95. The lowest BCUT2D eigenvalue weighted by molar-refractivity contribution is -0.192. The lowest BCUT2D eigenvalue weighted by Crippen LogP contribution is -2.47. The highest BCUT2D eigenvalue weighted by Gasteiger charge is 2.38. The number of rotatable bonds is 7. The molecule has 1 saturated heterocycles. The van der Waals surface area contributed by atoms with Crippen molar-refractivity contribution in [1.29, 1.82) is 0 Å². The number of aliphatic carboxylic acids is 1. The number of hydrogen-bond donors (Lipinski definition) is 2. The Morgan fingerprint density at radius 3 is 2.07 bits per heavy atom. The zero-order valence-corrected chi connectivity index (χ0v) is 22.1. The Kier molecular flexibility index (Phi) is 10.9. The van der Waals surface area contributed by atoms with Crippen molar-refractivity contribution in [1.82, 2.24) is 15.2 Å². The third-order valence-corrected chi connectivity index (χ3v) is 6.32. The zero-order chi connectivity index (χ0) is 30.9. The molecule has 14 heteroatoms. The van der Waals surface area contributed by atoms with E-state index in [4.69, 9.17) is 9.90 Å². The van der Waals surface area contributed by atoms with Gasteiger partial charge in [0.1, 0.15) is 5.82 Å². The molecule has 2 N–H and O–H groups in total. The molecule has 226 valence electrons. The maximum atomic E-state index is 14.6. The predicted molar refractivity (Wildman–Crippen MR) is 140 cm³/mol. The first-order valence-electron chi connectivity index (χ1n) is 12.7. The largest absolute Gasteiger partial charge is 0.490 e. The number of hydrogen-bond acceptors (Lipinski definition) is 5. The second-order valence-corrected chi connectivity index (χ2v) is 9.22. The minimum atomic E-state index is -5.08. The maximum absolute atomic E-state index is 14.6. The van der Waals surface area contributed by atoms with Crippen LogP contribution in [0, 0.1) is 5.82 Å². The minimum Gasteiger partial charge on any atom is -0.475 e. The summed E-state index contributed by atoms with van der Waals surface area (Å²) in [5, 5.41) is 9.86. The lowest BCUT2D eigenvalue weighted by Gasteiger charge is -2.36. The van der Waals surface area contributed by atoms with Gasteiger partial charge in [-0.2, -0.15) is 26.3 Å². The Morgan fingerprint density at radius 1 is 0.881 bits per heavy atom. The van der Waals surface area contributed by atoms with E-state index >= 15 is 0 Å². The van der Waals surface area contributed by atoms with Gasteiger partial charge in [0.2, 0.25) is 0 Å². The quantitative estimate of drug-likeness (QED) is 0.276. The first-order valence-corrected chi connectivity index (χ1v) is 12.7. The maximum Gasteiger partial charge on any atom is 0.490 e. The van der Waals surface area contributed by atoms with E-state index in [0.29, 0.717) is 6.54 Å². The number of pyridine rings is 1. The van der Waals surface area contributed by atoms with Crippen LogP contribution in [0.5, 0.6) is 0 Å². The van der Waals surface area contributed by atoms with Gasteiger partial charge in [-0.3, -0.25) is 14.7 Å². The molecule has 1 fully saturated rings. The van der Waals surface area contributed by atoms with Gasteiger partial charge in [0.15, 0.2) is 0 Å². The molecular weight excluding hydrogens is 573 g/mol. The van der Waals surface area contributed by atoms with Crippen LogP contribution in [0.25, 0.3) is 11.1 Å². The number of alkyl halides is 6. The van der Waals surface area contributed by atoms with Gasteiger partial charge < -0.3 is 15.3 Å². The lowest BCUT2D eigenvalue weighted by atomic mass is 10.0. The van der Waals surface area contributed by atoms with Gasteiger partial charge in [0, 0.05) is 50.8 Å². The number of amides is 1. The van der Waals surface area contributed by atoms with Gasteiger partial charge in [-0.15, -0.1) is 0 Å². The number of piperazine rings is 1. The highest BCUT2D eigenvalue weighted by Crippen LogP contribution is 2.32. The Bertz CT molecular complexity index is 1340. The average Bonchev–Trinajstić information content (AvgIpc) is 2.95. The second kappa shape index (κ2) is 14.1. The van der Waals surface area contributed by atoms with Crippen LogP contribution in [-0.4, -0.2) is 72.3 Å². The molecule has 1 amide bonds. The molecule has 3 aromatic rings. The summed E-state index contributed by atoms with van der Waals surface area (Å²) in [6.07, 6.45) is -5.27. The summed E-state index contributed by atoms with van der Waals surface area (Å²) in [7, 11) is 0. The van der Waals surface area contributed by atoms with Gasteiger partial charge in [0.25, 0.3) is 5.91 Å². The zero-order valence-electron chi connectivity index (χ0n) is 22.1. The summed E-state index contributed by atoms with van der Waals surface area (Å²) in [6.45, 7) is 4.89. The van der Waals surface area contributed by atoms with Crippen molar-refractivity contribution >= 4 is 17.6 Å². The molecule has 42 heavy (non-hydrogen) atoms. The third-order valence-electron chi connectivity index (χ3n) is 6.32. The molecule has 1 aliphatic rings. The minimum absolute atomic E-state index is 0.133. The fourth-order valence-corrected chi connectivity index (χ4v) is 4.14. The Labute approximate surface area is 236 Å². The molecule has 0 spiro atoms. The van der Waals surface area contributed by atoms with Crippen LogP contribution in [0.1, 0.15) is 22.3 Å². The van der Waals surface area contributed by atoms with E-state index in [2.05, 4.69) is 20.1 Å². The number of carbonyl (C=O) groups excluding carboxylic acids is 1. The fourth-order valence-electron chi connectivity index (χ4n) is 4.14. The van der Waals surface area contributed by atoms with Crippen LogP contribution in [0.4, 0.5) is 36.4 Å². The Hall–Kier alpha value is -4.20. The van der Waals surface area contributed by atoms with Crippen LogP contribution in [0.3, 0.4) is 0 Å². The van der Waals surface area contributed by atoms with Crippen LogP contribution >= 0.6 is 0 Å². The summed E-state index contributed by atoms with van der Waals surface area (Å²) in [5.74, 6) is -4.07. The van der Waals surface area contributed by atoms with E-state index in [0.717, 1.165) is 63.0 Å². The van der Waals surface area contributed by atoms with Crippen LogP contribution in [-0.2, 0) is 11.0 Å². The Morgan fingerprint density at radius 2 is 1.50 bits per heavy atom. The van der Waals surface area contributed by atoms with Gasteiger partial charge in [-0.25, -0.2) is 9.18 Å². The smallest absolute Gasteiger partial charge is 0.475 e. The summed E-state index contributed by atoms with van der Waals surface area (Å²) >= 11 is 0. The first kappa shape index (κ1) is 32.3. The van der Waals surface area contributed by atoms with Crippen LogP contribution in [0.2, 0.25) is 0 Å². The van der Waals surface area contributed by atoms with E-state index in [1.165, 1.54) is 24.3 Å². The number of carboxylic acid groups (broad SMARTS) is 1. The van der Waals surface area contributed by atoms with Crippen LogP contribution in [0.15, 0.2) is 67.0 Å². The van der Waals surface area contributed by atoms with E-state index in [1.807, 2.05) is 12.1 Å². The number of halogens is 7. The second-order valence-electron chi connectivity index (χ2n) is 9.22. The van der Waals surface area contributed by atoms with E-state index in [9.17, 15) is 35.5 Å². The van der Waals surface area contributed by atoms with Gasteiger partial charge >= 0.3 is 18.3 Å². The molecule has 4 rings (SSSR count). The monoisotopic (exact) mass is 600 g/mol. The summed E-state index contributed by atoms with van der Waals surface area (Å²) in [5.41, 5.74) is 0.724. The average molecular weight is 601 g/mol. The molecule has 2 aromatic carbocycles. The van der Waals surface area contributed by atoms with Crippen molar-refractivity contribution in [2.75, 3.05) is 44.2 Å². The van der Waals surface area contributed by atoms with Crippen molar-refractivity contribution in [2.45, 2.75) is 18.8 Å². The predicted octanol–water partition coefficient (Wildman–Crippen LogP) is 5.48. The van der Waals surface area contributed by atoms with E-state index in [-0.39, 0.29) is 16.7 Å². The van der Waals surface area contributed by atoms with Crippen molar-refractivity contribution < 1.29 is 45.4 Å². The molecule has 0 saturated carbocycles. The van der Waals surface area contributed by atoms with Gasteiger partial charge in [-0.1, -0.05) is 18.2 Å². The van der Waals surface area contributed by atoms with Gasteiger partial charge in [-0.05, 0) is 60.5 Å². The topological polar surface area (TPSA) is 85.8 Å². The normalized spacial score (nSPS) is 14.1. The third kappa shape index (κ3) is 9.43. The number of carboxylic acids is 1. The number of benzene rings is 2. The molecule has 0 bridgehead atoms. The number of anilines is 1. The summed E-state index contributed by atoms with van der Waals surface area (Å²) in [4.78, 5) is 30.0. The van der Waals surface area contributed by atoms with Crippen molar-refractivity contribution in [2.24, 2.45) is 0 Å². The van der Waals surface area contributed by atoms with E-state index in [1.54, 1.807) is 12.4 Å². The fraction of sp³-hybridized carbons (Fsp3) is 0.321. The number of aromatic nitrogens is 1. The van der Waals surface area contributed by atoms with E-state index < -0.39 is 35.6 Å². The van der Waals surface area contributed by atoms with Crippen molar-refractivity contribution in [3.63, 3.8) is 0 Å².